The van der Waals surface area contributed by atoms with E-state index in [0.29, 0.717) is 13.0 Å². The van der Waals surface area contributed by atoms with Crippen LogP contribution in [0.25, 0.3) is 0 Å². The SMILES string of the molecule is C=C(CC)CN1CCC(F)(C#N)C1. The maximum atomic E-state index is 13.4. The van der Waals surface area contributed by atoms with Crippen molar-refractivity contribution in [3.05, 3.63) is 12.2 Å². The molecule has 1 aliphatic rings. The van der Waals surface area contributed by atoms with E-state index in [1.807, 2.05) is 11.8 Å². The van der Waals surface area contributed by atoms with Gasteiger partial charge in [0.15, 0.2) is 0 Å². The lowest BCUT2D eigenvalue weighted by Crippen LogP contribution is -2.28. The lowest BCUT2D eigenvalue weighted by molar-refractivity contribution is 0.234. The summed E-state index contributed by atoms with van der Waals surface area (Å²) in [5, 5.41) is 8.56. The number of rotatable bonds is 3. The molecular formula is C10H15FN2. The molecule has 0 aliphatic carbocycles. The van der Waals surface area contributed by atoms with Gasteiger partial charge in [0.1, 0.15) is 6.07 Å². The largest absolute Gasteiger partial charge is 0.295 e. The molecule has 1 fully saturated rings. The first-order valence-electron chi connectivity index (χ1n) is 4.59. The molecule has 1 unspecified atom stereocenters. The van der Waals surface area contributed by atoms with Crippen LogP contribution in [0, 0.1) is 11.3 Å². The van der Waals surface area contributed by atoms with Gasteiger partial charge in [-0.3, -0.25) is 4.90 Å². The fourth-order valence-electron chi connectivity index (χ4n) is 1.50. The first-order chi connectivity index (χ1) is 6.09. The van der Waals surface area contributed by atoms with Crippen LogP contribution in [0.1, 0.15) is 19.8 Å². The Kier molecular flexibility index (Phi) is 3.05. The van der Waals surface area contributed by atoms with Gasteiger partial charge in [-0.25, -0.2) is 4.39 Å². The van der Waals surface area contributed by atoms with E-state index >= 15 is 0 Å². The van der Waals surface area contributed by atoms with Crippen molar-refractivity contribution in [2.75, 3.05) is 19.6 Å². The number of alkyl halides is 1. The molecule has 13 heavy (non-hydrogen) atoms. The third-order valence-corrected chi connectivity index (χ3v) is 2.45. The highest BCUT2D eigenvalue weighted by molar-refractivity contribution is 5.09. The molecule has 0 aromatic heterocycles. The van der Waals surface area contributed by atoms with Crippen molar-refractivity contribution in [3.63, 3.8) is 0 Å². The number of hydrogen-bond acceptors (Lipinski definition) is 2. The molecule has 0 amide bonds. The number of likely N-dealkylation sites (tertiary alicyclic amines) is 1. The van der Waals surface area contributed by atoms with Crippen molar-refractivity contribution in [3.8, 4) is 6.07 Å². The van der Waals surface area contributed by atoms with Crippen LogP contribution in [0.2, 0.25) is 0 Å². The summed E-state index contributed by atoms with van der Waals surface area (Å²) in [5.41, 5.74) is -0.518. The Morgan fingerprint density at radius 1 is 1.77 bits per heavy atom. The van der Waals surface area contributed by atoms with Crippen LogP contribution in [0.15, 0.2) is 12.2 Å². The van der Waals surface area contributed by atoms with E-state index in [1.54, 1.807) is 6.07 Å². The fraction of sp³-hybridized carbons (Fsp3) is 0.700. The predicted octanol–water partition coefficient (Wildman–Crippen LogP) is 1.89. The molecule has 72 valence electrons. The number of nitriles is 1. The molecule has 1 rings (SSSR count). The smallest absolute Gasteiger partial charge is 0.209 e. The van der Waals surface area contributed by atoms with E-state index < -0.39 is 5.67 Å². The van der Waals surface area contributed by atoms with Crippen LogP contribution < -0.4 is 0 Å². The normalized spacial score (nSPS) is 28.7. The van der Waals surface area contributed by atoms with Gasteiger partial charge in [0.05, 0.1) is 0 Å². The average Bonchev–Trinajstić information content (AvgIpc) is 2.48. The Balaban J connectivity index is 2.43. The van der Waals surface area contributed by atoms with Crippen LogP contribution >= 0.6 is 0 Å². The predicted molar refractivity (Wildman–Crippen MR) is 49.9 cm³/mol. The Bertz CT molecular complexity index is 244. The molecule has 3 heteroatoms. The van der Waals surface area contributed by atoms with Crippen LogP contribution in [-0.2, 0) is 0 Å². The molecule has 2 nitrogen and oxygen atoms in total. The molecule has 0 radical (unpaired) electrons. The summed E-state index contributed by atoms with van der Waals surface area (Å²) in [7, 11) is 0. The van der Waals surface area contributed by atoms with Gasteiger partial charge in [0.25, 0.3) is 0 Å². The highest BCUT2D eigenvalue weighted by Gasteiger charge is 2.38. The van der Waals surface area contributed by atoms with Crippen molar-refractivity contribution < 1.29 is 4.39 Å². The van der Waals surface area contributed by atoms with Crippen molar-refractivity contribution >= 4 is 0 Å². The van der Waals surface area contributed by atoms with Gasteiger partial charge in [0.2, 0.25) is 5.67 Å². The molecule has 1 saturated heterocycles. The molecule has 0 saturated carbocycles. The standard InChI is InChI=1S/C10H15FN2/c1-3-9(2)6-13-5-4-10(11,7-12)8-13/h2-6,8H2,1H3. The molecular weight excluding hydrogens is 167 g/mol. The van der Waals surface area contributed by atoms with Crippen molar-refractivity contribution in [2.45, 2.75) is 25.4 Å². The van der Waals surface area contributed by atoms with Gasteiger partial charge < -0.3 is 0 Å². The van der Waals surface area contributed by atoms with Gasteiger partial charge in [-0.05, 0) is 6.42 Å². The molecule has 1 heterocycles. The highest BCUT2D eigenvalue weighted by atomic mass is 19.1. The molecule has 0 aromatic carbocycles. The first-order valence-corrected chi connectivity index (χ1v) is 4.59. The minimum Gasteiger partial charge on any atom is -0.295 e. The zero-order valence-corrected chi connectivity index (χ0v) is 8.02. The summed E-state index contributed by atoms with van der Waals surface area (Å²) in [6.45, 7) is 7.53. The molecule has 1 atom stereocenters. The second kappa shape index (κ2) is 3.89. The van der Waals surface area contributed by atoms with Crippen LogP contribution in [0.4, 0.5) is 4.39 Å². The maximum Gasteiger partial charge on any atom is 0.209 e. The van der Waals surface area contributed by atoms with Gasteiger partial charge >= 0.3 is 0 Å². The summed E-state index contributed by atoms with van der Waals surface area (Å²) in [5.74, 6) is 0. The number of nitrogens with zero attached hydrogens (tertiary/aromatic N) is 2. The minimum absolute atomic E-state index is 0.239. The summed E-state index contributed by atoms with van der Waals surface area (Å²) in [6.07, 6.45) is 1.25. The van der Waals surface area contributed by atoms with Gasteiger partial charge in [0, 0.05) is 26.1 Å². The van der Waals surface area contributed by atoms with Crippen molar-refractivity contribution in [2.24, 2.45) is 0 Å². The van der Waals surface area contributed by atoms with Gasteiger partial charge in [-0.15, -0.1) is 0 Å². The number of halogens is 1. The van der Waals surface area contributed by atoms with Crippen LogP contribution in [0.5, 0.6) is 0 Å². The average molecular weight is 182 g/mol. The molecule has 0 aromatic rings. The quantitative estimate of drug-likeness (QED) is 0.623. The van der Waals surface area contributed by atoms with Crippen molar-refractivity contribution in [1.29, 1.82) is 5.26 Å². The van der Waals surface area contributed by atoms with E-state index in [2.05, 4.69) is 6.58 Å². The van der Waals surface area contributed by atoms with E-state index in [9.17, 15) is 4.39 Å². The van der Waals surface area contributed by atoms with Gasteiger partial charge in [-0.1, -0.05) is 19.1 Å². The van der Waals surface area contributed by atoms with Crippen molar-refractivity contribution in [1.82, 2.24) is 4.90 Å². The van der Waals surface area contributed by atoms with Crippen LogP contribution in [-0.4, -0.2) is 30.2 Å². The Labute approximate surface area is 78.6 Å². The lowest BCUT2D eigenvalue weighted by atomic mass is 10.1. The fourth-order valence-corrected chi connectivity index (χ4v) is 1.50. The molecule has 0 bridgehead atoms. The molecule has 1 aliphatic heterocycles. The third kappa shape index (κ3) is 2.53. The zero-order chi connectivity index (χ0) is 9.90. The Hall–Kier alpha value is -0.880. The number of hydrogen-bond donors (Lipinski definition) is 0. The summed E-state index contributed by atoms with van der Waals surface area (Å²) in [6, 6.07) is 1.72. The van der Waals surface area contributed by atoms with E-state index in [0.717, 1.165) is 18.5 Å². The second-order valence-electron chi connectivity index (χ2n) is 3.64. The zero-order valence-electron chi connectivity index (χ0n) is 8.02. The molecule has 0 N–H and O–H groups in total. The Morgan fingerprint density at radius 2 is 2.46 bits per heavy atom. The Morgan fingerprint density at radius 3 is 2.92 bits per heavy atom. The third-order valence-electron chi connectivity index (χ3n) is 2.45. The van der Waals surface area contributed by atoms with Crippen LogP contribution in [0.3, 0.4) is 0 Å². The van der Waals surface area contributed by atoms with E-state index in [1.165, 1.54) is 0 Å². The highest BCUT2D eigenvalue weighted by Crippen LogP contribution is 2.25. The van der Waals surface area contributed by atoms with E-state index in [-0.39, 0.29) is 6.54 Å². The second-order valence-corrected chi connectivity index (χ2v) is 3.64. The summed E-state index contributed by atoms with van der Waals surface area (Å²) < 4.78 is 13.4. The monoisotopic (exact) mass is 182 g/mol. The summed E-state index contributed by atoms with van der Waals surface area (Å²) >= 11 is 0. The van der Waals surface area contributed by atoms with Gasteiger partial charge in [-0.2, -0.15) is 5.26 Å². The lowest BCUT2D eigenvalue weighted by Gasteiger charge is -2.16. The topological polar surface area (TPSA) is 27.0 Å². The maximum absolute atomic E-state index is 13.4. The van der Waals surface area contributed by atoms with E-state index in [4.69, 9.17) is 5.26 Å². The molecule has 0 spiro atoms. The first kappa shape index (κ1) is 10.2. The minimum atomic E-state index is -1.62. The summed E-state index contributed by atoms with van der Waals surface area (Å²) in [4.78, 5) is 1.95.